The van der Waals surface area contributed by atoms with Crippen molar-refractivity contribution in [3.63, 3.8) is 0 Å². The number of nitrogens with one attached hydrogen (secondary N) is 1. The van der Waals surface area contributed by atoms with Crippen molar-refractivity contribution in [2.75, 3.05) is 0 Å². The van der Waals surface area contributed by atoms with E-state index in [2.05, 4.69) is 19.2 Å². The average Bonchev–Trinajstić information content (AvgIpc) is 2.20. The molecule has 1 amide bonds. The molecule has 1 atom stereocenters. The Morgan fingerprint density at radius 3 is 2.22 bits per heavy atom. The lowest BCUT2D eigenvalue weighted by Gasteiger charge is -2.35. The molecule has 1 aliphatic carbocycles. The van der Waals surface area contributed by atoms with Gasteiger partial charge in [0.1, 0.15) is 0 Å². The van der Waals surface area contributed by atoms with Crippen LogP contribution >= 0.6 is 12.2 Å². The third-order valence-electron chi connectivity index (χ3n) is 3.94. The molecule has 1 fully saturated rings. The van der Waals surface area contributed by atoms with Gasteiger partial charge in [0.2, 0.25) is 5.91 Å². The van der Waals surface area contributed by atoms with Gasteiger partial charge in [-0.15, -0.1) is 0 Å². The van der Waals surface area contributed by atoms with E-state index in [-0.39, 0.29) is 17.7 Å². The fourth-order valence-electron chi connectivity index (χ4n) is 2.60. The normalized spacial score (nSPS) is 21.6. The van der Waals surface area contributed by atoms with E-state index in [9.17, 15) is 4.79 Å². The monoisotopic (exact) mass is 270 g/mol. The van der Waals surface area contributed by atoms with Gasteiger partial charge in [-0.25, -0.2) is 0 Å². The Balaban J connectivity index is 2.52. The van der Waals surface area contributed by atoms with Crippen LogP contribution in [0.2, 0.25) is 0 Å². The Morgan fingerprint density at radius 1 is 1.33 bits per heavy atom. The third-order valence-corrected chi connectivity index (χ3v) is 4.20. The van der Waals surface area contributed by atoms with E-state index in [1.165, 1.54) is 0 Å². The zero-order valence-electron chi connectivity index (χ0n) is 12.0. The van der Waals surface area contributed by atoms with Crippen molar-refractivity contribution in [3.8, 4) is 0 Å². The first kappa shape index (κ1) is 15.4. The van der Waals surface area contributed by atoms with E-state index < -0.39 is 0 Å². The predicted octanol–water partition coefficient (Wildman–Crippen LogP) is 2.63. The fourth-order valence-corrected chi connectivity index (χ4v) is 2.97. The Kier molecular flexibility index (Phi) is 5.14. The largest absolute Gasteiger partial charge is 0.393 e. The molecule has 1 rings (SSSR count). The molecule has 0 aliphatic heterocycles. The molecule has 104 valence electrons. The van der Waals surface area contributed by atoms with Crippen molar-refractivity contribution < 1.29 is 4.79 Å². The summed E-state index contributed by atoms with van der Waals surface area (Å²) in [6, 6.07) is 0.293. The second kappa shape index (κ2) is 6.00. The van der Waals surface area contributed by atoms with Crippen LogP contribution in [-0.2, 0) is 4.79 Å². The van der Waals surface area contributed by atoms with Crippen LogP contribution in [0.4, 0.5) is 0 Å². The minimum atomic E-state index is -0.338. The van der Waals surface area contributed by atoms with Crippen molar-refractivity contribution in [2.45, 2.75) is 59.4 Å². The number of nitrogens with two attached hydrogens (primary N) is 1. The molecule has 0 aromatic heterocycles. The van der Waals surface area contributed by atoms with E-state index in [1.807, 2.05) is 13.8 Å². The maximum Gasteiger partial charge on any atom is 0.230 e. The summed E-state index contributed by atoms with van der Waals surface area (Å²) in [5, 5.41) is 3.11. The molecular formula is C14H26N2OS. The van der Waals surface area contributed by atoms with Crippen LogP contribution in [0.5, 0.6) is 0 Å². The SMILES string of the molecule is CC(C)C(C(=O)NC1CCC(C)(C)CC1)C(N)=S. The molecule has 1 aliphatic rings. The summed E-state index contributed by atoms with van der Waals surface area (Å²) in [4.78, 5) is 12.5. The van der Waals surface area contributed by atoms with E-state index >= 15 is 0 Å². The van der Waals surface area contributed by atoms with Crippen molar-refractivity contribution >= 4 is 23.1 Å². The molecule has 4 heteroatoms. The van der Waals surface area contributed by atoms with Gasteiger partial charge in [-0.1, -0.05) is 39.9 Å². The van der Waals surface area contributed by atoms with Gasteiger partial charge < -0.3 is 11.1 Å². The molecule has 3 N–H and O–H groups in total. The standard InChI is InChI=1S/C14H26N2OS/c1-9(2)11(12(15)18)13(17)16-10-5-7-14(3,4)8-6-10/h9-11H,5-8H2,1-4H3,(H2,15,18)(H,16,17). The Morgan fingerprint density at radius 2 is 1.83 bits per heavy atom. The molecule has 0 radical (unpaired) electrons. The topological polar surface area (TPSA) is 55.1 Å². The van der Waals surface area contributed by atoms with E-state index in [0.717, 1.165) is 25.7 Å². The number of thiocarbonyl (C=S) groups is 1. The van der Waals surface area contributed by atoms with Gasteiger partial charge in [-0.3, -0.25) is 4.79 Å². The van der Waals surface area contributed by atoms with E-state index in [1.54, 1.807) is 0 Å². The van der Waals surface area contributed by atoms with Gasteiger partial charge in [0.15, 0.2) is 0 Å². The van der Waals surface area contributed by atoms with Crippen LogP contribution in [0, 0.1) is 17.3 Å². The lowest BCUT2D eigenvalue weighted by Crippen LogP contribution is -2.46. The summed E-state index contributed by atoms with van der Waals surface area (Å²) in [6.07, 6.45) is 4.44. The third kappa shape index (κ3) is 4.23. The second-order valence-corrected chi connectivity index (χ2v) is 7.04. The first-order valence-corrected chi connectivity index (χ1v) is 7.23. The quantitative estimate of drug-likeness (QED) is 0.772. The highest BCUT2D eigenvalue weighted by Crippen LogP contribution is 2.35. The lowest BCUT2D eigenvalue weighted by atomic mass is 9.75. The molecular weight excluding hydrogens is 244 g/mol. The number of carbonyl (C=O) groups is 1. The van der Waals surface area contributed by atoms with Crippen LogP contribution in [0.15, 0.2) is 0 Å². The lowest BCUT2D eigenvalue weighted by molar-refractivity contribution is -0.125. The Labute approximate surface area is 116 Å². The van der Waals surface area contributed by atoms with E-state index in [0.29, 0.717) is 16.4 Å². The number of hydrogen-bond acceptors (Lipinski definition) is 2. The molecule has 3 nitrogen and oxygen atoms in total. The molecule has 0 bridgehead atoms. The molecule has 0 aromatic carbocycles. The van der Waals surface area contributed by atoms with E-state index in [4.69, 9.17) is 18.0 Å². The highest BCUT2D eigenvalue weighted by Gasteiger charge is 2.31. The second-order valence-electron chi connectivity index (χ2n) is 6.57. The van der Waals surface area contributed by atoms with Crippen LogP contribution in [-0.4, -0.2) is 16.9 Å². The number of hydrogen-bond donors (Lipinski definition) is 2. The molecule has 0 saturated heterocycles. The van der Waals surface area contributed by atoms with Crippen molar-refractivity contribution in [3.05, 3.63) is 0 Å². The van der Waals surface area contributed by atoms with Gasteiger partial charge in [-0.2, -0.15) is 0 Å². The molecule has 1 unspecified atom stereocenters. The zero-order chi connectivity index (χ0) is 13.9. The molecule has 0 aromatic rings. The summed E-state index contributed by atoms with van der Waals surface area (Å²) in [5.74, 6) is -0.181. The summed E-state index contributed by atoms with van der Waals surface area (Å²) in [5.41, 5.74) is 6.08. The Hall–Kier alpha value is -0.640. The van der Waals surface area contributed by atoms with Crippen molar-refractivity contribution in [1.82, 2.24) is 5.32 Å². The summed E-state index contributed by atoms with van der Waals surface area (Å²) >= 11 is 4.99. The predicted molar refractivity (Wildman–Crippen MR) is 79.3 cm³/mol. The highest BCUT2D eigenvalue weighted by atomic mass is 32.1. The molecule has 1 saturated carbocycles. The minimum absolute atomic E-state index is 0.00204. The van der Waals surface area contributed by atoms with Crippen LogP contribution in [0.25, 0.3) is 0 Å². The Bertz CT molecular complexity index is 316. The minimum Gasteiger partial charge on any atom is -0.393 e. The van der Waals surface area contributed by atoms with Crippen molar-refractivity contribution in [1.29, 1.82) is 0 Å². The first-order chi connectivity index (χ1) is 8.23. The van der Waals surface area contributed by atoms with Gasteiger partial charge in [0.05, 0.1) is 10.9 Å². The molecule has 0 heterocycles. The first-order valence-electron chi connectivity index (χ1n) is 6.82. The van der Waals surface area contributed by atoms with Crippen LogP contribution < -0.4 is 11.1 Å². The fraction of sp³-hybridized carbons (Fsp3) is 0.857. The smallest absolute Gasteiger partial charge is 0.230 e. The number of rotatable bonds is 4. The van der Waals surface area contributed by atoms with Gasteiger partial charge in [0, 0.05) is 6.04 Å². The van der Waals surface area contributed by atoms with Crippen LogP contribution in [0.1, 0.15) is 53.4 Å². The summed E-state index contributed by atoms with van der Waals surface area (Å²) < 4.78 is 0. The van der Waals surface area contributed by atoms with Crippen molar-refractivity contribution in [2.24, 2.45) is 23.0 Å². The van der Waals surface area contributed by atoms with Gasteiger partial charge in [-0.05, 0) is 37.0 Å². The molecule has 18 heavy (non-hydrogen) atoms. The van der Waals surface area contributed by atoms with Gasteiger partial charge in [0.25, 0.3) is 0 Å². The highest BCUT2D eigenvalue weighted by molar-refractivity contribution is 7.80. The average molecular weight is 270 g/mol. The maximum atomic E-state index is 12.2. The zero-order valence-corrected chi connectivity index (χ0v) is 12.8. The summed E-state index contributed by atoms with van der Waals surface area (Å²) in [7, 11) is 0. The number of carbonyl (C=O) groups excluding carboxylic acids is 1. The number of amides is 1. The van der Waals surface area contributed by atoms with Crippen LogP contribution in [0.3, 0.4) is 0 Å². The maximum absolute atomic E-state index is 12.2. The summed E-state index contributed by atoms with van der Waals surface area (Å²) in [6.45, 7) is 8.54. The van der Waals surface area contributed by atoms with Gasteiger partial charge >= 0.3 is 0 Å². The molecule has 0 spiro atoms.